The Morgan fingerprint density at radius 3 is 2.24 bits per heavy atom. The van der Waals surface area contributed by atoms with Gasteiger partial charge in [-0.15, -0.1) is 0 Å². The van der Waals surface area contributed by atoms with Crippen molar-refractivity contribution in [2.75, 3.05) is 26.4 Å². The monoisotopic (exact) mass is 592 g/mol. The van der Waals surface area contributed by atoms with Crippen LogP contribution in [0.1, 0.15) is 55.9 Å². The Bertz CT molecular complexity index is 1390. The van der Waals surface area contributed by atoms with Gasteiger partial charge >= 0.3 is 5.97 Å². The molecule has 1 atom stereocenters. The zero-order valence-electron chi connectivity index (χ0n) is 24.7. The molecule has 4 rings (SSSR count). The van der Waals surface area contributed by atoms with Crippen molar-refractivity contribution in [3.05, 3.63) is 99.6 Å². The Kier molecular flexibility index (Phi) is 10.2. The number of hydrogen-bond acceptors (Lipinski definition) is 8. The number of thioether (sulfide) groups is 1. The highest BCUT2D eigenvalue weighted by Crippen LogP contribution is 2.47. The summed E-state index contributed by atoms with van der Waals surface area (Å²) in [6.07, 6.45) is 1.26. The summed E-state index contributed by atoms with van der Waals surface area (Å²) in [6, 6.07) is 21.1. The molecule has 0 saturated heterocycles. The van der Waals surface area contributed by atoms with Crippen LogP contribution in [0.4, 0.5) is 0 Å². The van der Waals surface area contributed by atoms with Crippen molar-refractivity contribution in [1.82, 2.24) is 0 Å². The molecule has 0 bridgehead atoms. The quantitative estimate of drug-likeness (QED) is 0.208. The summed E-state index contributed by atoms with van der Waals surface area (Å²) in [5, 5.41) is 29.8. The van der Waals surface area contributed by atoms with E-state index in [4.69, 9.17) is 19.3 Å². The van der Waals surface area contributed by atoms with E-state index in [1.54, 1.807) is 12.1 Å². The lowest BCUT2D eigenvalue weighted by molar-refractivity contribution is -0.160. The largest absolute Gasteiger partial charge is 0.511 e. The maximum Gasteiger partial charge on any atom is 0.349 e. The molecule has 1 aliphatic rings. The molecule has 1 unspecified atom stereocenters. The van der Waals surface area contributed by atoms with Crippen molar-refractivity contribution in [2.24, 2.45) is 0 Å². The highest BCUT2D eigenvalue weighted by molar-refractivity contribution is 8.04. The molecule has 3 aromatic carbocycles. The van der Waals surface area contributed by atoms with Gasteiger partial charge in [-0.1, -0.05) is 75.0 Å². The average Bonchev–Trinajstić information content (AvgIpc) is 2.96. The summed E-state index contributed by atoms with van der Waals surface area (Å²) >= 11 is 1.21. The Labute approximate surface area is 252 Å². The molecule has 42 heavy (non-hydrogen) atoms. The highest BCUT2D eigenvalue weighted by Gasteiger charge is 2.44. The lowest BCUT2D eigenvalue weighted by Gasteiger charge is -2.38. The van der Waals surface area contributed by atoms with Gasteiger partial charge in [0.25, 0.3) is 0 Å². The lowest BCUT2D eigenvalue weighted by Crippen LogP contribution is -2.38. The number of rotatable bonds is 12. The normalized spacial score (nSPS) is 17.2. The van der Waals surface area contributed by atoms with Crippen LogP contribution in [-0.2, 0) is 27.0 Å². The maximum absolute atomic E-state index is 13.7. The molecule has 0 amide bonds. The lowest BCUT2D eigenvalue weighted by atomic mass is 9.82. The zero-order valence-corrected chi connectivity index (χ0v) is 25.5. The number of aryl methyl sites for hydroxylation is 2. The summed E-state index contributed by atoms with van der Waals surface area (Å²) < 4.78 is 17.5. The fraction of sp³-hybridized carbons (Fsp3) is 0.382. The molecule has 0 fully saturated rings. The van der Waals surface area contributed by atoms with Gasteiger partial charge in [0.15, 0.2) is 0 Å². The van der Waals surface area contributed by atoms with Crippen LogP contribution in [0, 0.1) is 6.92 Å². The van der Waals surface area contributed by atoms with Gasteiger partial charge in [0.05, 0.1) is 19.6 Å². The molecular weight excluding hydrogens is 552 g/mol. The zero-order chi connectivity index (χ0) is 30.3. The van der Waals surface area contributed by atoms with Gasteiger partial charge in [0.1, 0.15) is 41.0 Å². The Morgan fingerprint density at radius 1 is 0.952 bits per heavy atom. The number of carbonyl (C=O) groups excluding carboxylic acids is 1. The Morgan fingerprint density at radius 2 is 1.62 bits per heavy atom. The van der Waals surface area contributed by atoms with Crippen LogP contribution < -0.4 is 9.47 Å². The molecule has 3 aromatic rings. The fourth-order valence-corrected chi connectivity index (χ4v) is 6.28. The van der Waals surface area contributed by atoms with Gasteiger partial charge in [0, 0.05) is 4.90 Å². The molecule has 0 saturated carbocycles. The number of hydrogen-bond donors (Lipinski definition) is 3. The number of cyclic esters (lactones) is 1. The van der Waals surface area contributed by atoms with E-state index in [0.29, 0.717) is 24.3 Å². The number of benzene rings is 3. The van der Waals surface area contributed by atoms with Crippen LogP contribution in [-0.4, -0.2) is 47.7 Å². The third-order valence-electron chi connectivity index (χ3n) is 7.24. The van der Waals surface area contributed by atoms with Gasteiger partial charge in [-0.25, -0.2) is 4.79 Å². The van der Waals surface area contributed by atoms with Crippen molar-refractivity contribution in [2.45, 2.75) is 62.9 Å². The smallest absolute Gasteiger partial charge is 0.349 e. The minimum absolute atomic E-state index is 0.0111. The molecule has 224 valence electrons. The van der Waals surface area contributed by atoms with E-state index in [9.17, 15) is 15.0 Å². The third kappa shape index (κ3) is 7.48. The molecule has 0 aromatic heterocycles. The molecule has 1 aliphatic heterocycles. The number of aliphatic hydroxyl groups excluding tert-OH is 3. The molecule has 7 nitrogen and oxygen atoms in total. The molecule has 0 spiro atoms. The molecule has 0 radical (unpaired) electrons. The summed E-state index contributed by atoms with van der Waals surface area (Å²) in [5.74, 6) is 0.688. The van der Waals surface area contributed by atoms with Crippen molar-refractivity contribution >= 4 is 17.7 Å². The fourth-order valence-electron chi connectivity index (χ4n) is 5.04. The Hall–Kier alpha value is -3.46. The van der Waals surface area contributed by atoms with Gasteiger partial charge in [-0.3, -0.25) is 0 Å². The molecule has 0 aliphatic carbocycles. The van der Waals surface area contributed by atoms with Crippen LogP contribution in [0.3, 0.4) is 0 Å². The number of aliphatic hydroxyl groups is 3. The average molecular weight is 593 g/mol. The number of esters is 1. The van der Waals surface area contributed by atoms with Crippen LogP contribution in [0.25, 0.3) is 0 Å². The molecule has 8 heteroatoms. The van der Waals surface area contributed by atoms with E-state index in [1.165, 1.54) is 11.8 Å². The molecular formula is C34H40O7S. The van der Waals surface area contributed by atoms with Gasteiger partial charge in [-0.05, 0) is 71.7 Å². The summed E-state index contributed by atoms with van der Waals surface area (Å²) in [7, 11) is 0. The third-order valence-corrected chi connectivity index (χ3v) is 8.40. The van der Waals surface area contributed by atoms with Gasteiger partial charge < -0.3 is 29.5 Å². The van der Waals surface area contributed by atoms with Crippen molar-refractivity contribution in [1.29, 1.82) is 0 Å². The van der Waals surface area contributed by atoms with E-state index in [2.05, 4.69) is 20.8 Å². The van der Waals surface area contributed by atoms with Gasteiger partial charge in [0.2, 0.25) is 0 Å². The summed E-state index contributed by atoms with van der Waals surface area (Å²) in [4.78, 5) is 14.7. The number of carbonyl (C=O) groups is 1. The predicted molar refractivity (Wildman–Crippen MR) is 164 cm³/mol. The first-order valence-electron chi connectivity index (χ1n) is 14.2. The highest BCUT2D eigenvalue weighted by atomic mass is 32.2. The summed E-state index contributed by atoms with van der Waals surface area (Å²) in [5.41, 5.74) is 2.34. The van der Waals surface area contributed by atoms with Crippen LogP contribution in [0.15, 0.2) is 82.3 Å². The van der Waals surface area contributed by atoms with Crippen molar-refractivity contribution in [3.8, 4) is 11.5 Å². The van der Waals surface area contributed by atoms with Crippen molar-refractivity contribution in [3.63, 3.8) is 0 Å². The van der Waals surface area contributed by atoms with Crippen LogP contribution >= 0.6 is 11.8 Å². The van der Waals surface area contributed by atoms with Gasteiger partial charge in [-0.2, -0.15) is 0 Å². The van der Waals surface area contributed by atoms with Crippen LogP contribution in [0.5, 0.6) is 11.5 Å². The standard InChI is InChI=1S/C34H40O7S/c1-23-20-30(27(33(2,3)4)21-29(23)40-19-17-36)42-31-28(37)22-34(41-32(31)38,15-14-24-8-6-5-7-9-24)25-10-12-26(13-11-25)39-18-16-35/h5-13,20-21,35-37H,14-19,22H2,1-4H3. The second-order valence-electron chi connectivity index (χ2n) is 11.5. The molecule has 1 heterocycles. The second-order valence-corrected chi connectivity index (χ2v) is 12.5. The van der Waals surface area contributed by atoms with E-state index in [1.807, 2.05) is 61.5 Å². The Balaban J connectivity index is 1.69. The first kappa shape index (κ1) is 31.5. The topological polar surface area (TPSA) is 105 Å². The molecule has 3 N–H and O–H groups in total. The first-order valence-corrected chi connectivity index (χ1v) is 15.0. The van der Waals surface area contributed by atoms with E-state index in [-0.39, 0.29) is 48.9 Å². The minimum Gasteiger partial charge on any atom is -0.511 e. The minimum atomic E-state index is -1.07. The van der Waals surface area contributed by atoms with E-state index < -0.39 is 11.6 Å². The SMILES string of the molecule is Cc1cc(SC2=C(O)CC(CCc3ccccc3)(c3ccc(OCCO)cc3)OC2=O)c(C(C)(C)C)cc1OCCO. The van der Waals surface area contributed by atoms with Crippen LogP contribution in [0.2, 0.25) is 0 Å². The first-order chi connectivity index (χ1) is 20.1. The second kappa shape index (κ2) is 13.7. The van der Waals surface area contributed by atoms with E-state index >= 15 is 0 Å². The summed E-state index contributed by atoms with van der Waals surface area (Å²) in [6.45, 7) is 8.34. The van der Waals surface area contributed by atoms with Crippen molar-refractivity contribution < 1.29 is 34.3 Å². The number of ether oxygens (including phenoxy) is 3. The predicted octanol–water partition coefficient (Wildman–Crippen LogP) is 6.37. The van der Waals surface area contributed by atoms with E-state index in [0.717, 1.165) is 27.1 Å². The maximum atomic E-state index is 13.7.